The van der Waals surface area contributed by atoms with Crippen LogP contribution in [-0.4, -0.2) is 11.2 Å². The third-order valence-corrected chi connectivity index (χ3v) is 4.72. The number of fused-ring (bicyclic) bond motifs is 1. The fourth-order valence-electron chi connectivity index (χ4n) is 3.34. The zero-order valence-corrected chi connectivity index (χ0v) is 10.8. The molecule has 0 aromatic carbocycles. The van der Waals surface area contributed by atoms with Crippen LogP contribution in [0.4, 0.5) is 0 Å². The summed E-state index contributed by atoms with van der Waals surface area (Å²) in [5.41, 5.74) is 2.97. The number of aliphatic hydroxyl groups excluding tert-OH is 1. The van der Waals surface area contributed by atoms with Gasteiger partial charge in [-0.25, -0.2) is 0 Å². The van der Waals surface area contributed by atoms with Crippen molar-refractivity contribution in [2.75, 3.05) is 0 Å². The normalized spacial score (nSPS) is 41.9. The lowest BCUT2D eigenvalue weighted by atomic mass is 9.52. The van der Waals surface area contributed by atoms with Gasteiger partial charge in [0.1, 0.15) is 0 Å². The Hall–Kier alpha value is -0.560. The molecule has 1 heteroatoms. The first-order chi connectivity index (χ1) is 7.42. The minimum Gasteiger partial charge on any atom is -0.389 e. The van der Waals surface area contributed by atoms with Crippen molar-refractivity contribution >= 4 is 0 Å². The Morgan fingerprint density at radius 1 is 1.44 bits per heavy atom. The molecule has 16 heavy (non-hydrogen) atoms. The van der Waals surface area contributed by atoms with Crippen molar-refractivity contribution in [3.05, 3.63) is 23.8 Å². The molecule has 1 N–H and O–H groups in total. The van der Waals surface area contributed by atoms with Crippen LogP contribution in [0.1, 0.15) is 46.5 Å². The number of aliphatic hydroxyl groups is 1. The molecule has 0 radical (unpaired) electrons. The van der Waals surface area contributed by atoms with E-state index in [0.717, 1.165) is 30.8 Å². The highest BCUT2D eigenvalue weighted by Crippen LogP contribution is 2.56. The fourth-order valence-corrected chi connectivity index (χ4v) is 3.34. The Kier molecular flexibility index (Phi) is 3.00. The third kappa shape index (κ3) is 1.98. The van der Waals surface area contributed by atoms with E-state index in [1.807, 2.05) is 0 Å². The summed E-state index contributed by atoms with van der Waals surface area (Å²) < 4.78 is 0. The Morgan fingerprint density at radius 2 is 2.12 bits per heavy atom. The van der Waals surface area contributed by atoms with Crippen LogP contribution in [0.5, 0.6) is 0 Å². The lowest BCUT2D eigenvalue weighted by molar-refractivity contribution is 0.0119. The van der Waals surface area contributed by atoms with E-state index in [1.54, 1.807) is 0 Å². The summed E-state index contributed by atoms with van der Waals surface area (Å²) in [5.74, 6) is 1.43. The monoisotopic (exact) mass is 220 g/mol. The van der Waals surface area contributed by atoms with E-state index < -0.39 is 0 Å². The molecule has 0 aromatic heterocycles. The first kappa shape index (κ1) is 11.9. The van der Waals surface area contributed by atoms with Crippen molar-refractivity contribution in [2.45, 2.75) is 52.6 Å². The van der Waals surface area contributed by atoms with E-state index in [1.165, 1.54) is 12.0 Å². The average Bonchev–Trinajstić information content (AvgIpc) is 2.24. The molecule has 0 spiro atoms. The van der Waals surface area contributed by atoms with Crippen LogP contribution in [0.25, 0.3) is 0 Å². The first-order valence-electron chi connectivity index (χ1n) is 6.44. The largest absolute Gasteiger partial charge is 0.389 e. The van der Waals surface area contributed by atoms with Gasteiger partial charge in [0, 0.05) is 0 Å². The highest BCUT2D eigenvalue weighted by Gasteiger charge is 2.47. The van der Waals surface area contributed by atoms with E-state index >= 15 is 0 Å². The standard InChI is InChI=1S/C15H24O/c1-10-6-8-14(16)11(2)5-7-13-12(10)9-15(13,3)4/h5,12-14,16H,1,6-9H2,2-4H3/b11-5-/t12-,13-,14?/m1/s1. The highest BCUT2D eigenvalue weighted by atomic mass is 16.3. The molecule has 2 aliphatic carbocycles. The van der Waals surface area contributed by atoms with Crippen LogP contribution in [0.3, 0.4) is 0 Å². The van der Waals surface area contributed by atoms with Gasteiger partial charge in [-0.3, -0.25) is 0 Å². The topological polar surface area (TPSA) is 20.2 Å². The van der Waals surface area contributed by atoms with Gasteiger partial charge >= 0.3 is 0 Å². The number of hydrogen-bond donors (Lipinski definition) is 1. The molecule has 2 aliphatic rings. The molecule has 0 saturated heterocycles. The molecule has 1 unspecified atom stereocenters. The summed E-state index contributed by atoms with van der Waals surface area (Å²) in [5, 5.41) is 9.94. The summed E-state index contributed by atoms with van der Waals surface area (Å²) in [4.78, 5) is 0. The minimum absolute atomic E-state index is 0.252. The first-order valence-corrected chi connectivity index (χ1v) is 6.44. The maximum Gasteiger partial charge on any atom is 0.0750 e. The second kappa shape index (κ2) is 4.03. The van der Waals surface area contributed by atoms with Crippen molar-refractivity contribution in [3.63, 3.8) is 0 Å². The predicted octanol–water partition coefficient (Wildman–Crippen LogP) is 3.70. The Morgan fingerprint density at radius 3 is 2.75 bits per heavy atom. The van der Waals surface area contributed by atoms with E-state index in [4.69, 9.17) is 0 Å². The molecule has 2 rings (SSSR count). The van der Waals surface area contributed by atoms with Crippen molar-refractivity contribution in [1.29, 1.82) is 0 Å². The van der Waals surface area contributed by atoms with Gasteiger partial charge < -0.3 is 5.11 Å². The van der Waals surface area contributed by atoms with Crippen LogP contribution in [0.15, 0.2) is 23.8 Å². The molecular formula is C15H24O. The Labute approximate surface area is 99.3 Å². The van der Waals surface area contributed by atoms with Crippen molar-refractivity contribution < 1.29 is 5.11 Å². The van der Waals surface area contributed by atoms with Gasteiger partial charge in [0.2, 0.25) is 0 Å². The van der Waals surface area contributed by atoms with Crippen molar-refractivity contribution in [2.24, 2.45) is 17.3 Å². The lowest BCUT2D eigenvalue weighted by Gasteiger charge is -2.52. The molecule has 1 saturated carbocycles. The Bertz CT molecular complexity index is 324. The second-order valence-electron chi connectivity index (χ2n) is 6.30. The Balaban J connectivity index is 2.18. The second-order valence-corrected chi connectivity index (χ2v) is 6.30. The third-order valence-electron chi connectivity index (χ3n) is 4.72. The molecule has 90 valence electrons. The van der Waals surface area contributed by atoms with Gasteiger partial charge in [0.05, 0.1) is 6.10 Å². The maximum absolute atomic E-state index is 9.94. The molecular weight excluding hydrogens is 196 g/mol. The lowest BCUT2D eigenvalue weighted by Crippen LogP contribution is -2.44. The zero-order chi connectivity index (χ0) is 11.9. The van der Waals surface area contributed by atoms with E-state index in [9.17, 15) is 5.11 Å². The minimum atomic E-state index is -0.252. The molecule has 0 amide bonds. The van der Waals surface area contributed by atoms with Crippen LogP contribution in [-0.2, 0) is 0 Å². The molecule has 0 heterocycles. The summed E-state index contributed by atoms with van der Waals surface area (Å²) in [6.45, 7) is 11.0. The van der Waals surface area contributed by atoms with Gasteiger partial charge in [0.15, 0.2) is 0 Å². The van der Waals surface area contributed by atoms with E-state index in [-0.39, 0.29) is 6.10 Å². The molecule has 0 bridgehead atoms. The summed E-state index contributed by atoms with van der Waals surface area (Å²) >= 11 is 0. The average molecular weight is 220 g/mol. The zero-order valence-electron chi connectivity index (χ0n) is 10.8. The predicted molar refractivity (Wildman–Crippen MR) is 68.1 cm³/mol. The van der Waals surface area contributed by atoms with Crippen LogP contribution in [0.2, 0.25) is 0 Å². The van der Waals surface area contributed by atoms with Crippen LogP contribution in [0, 0.1) is 17.3 Å². The van der Waals surface area contributed by atoms with Gasteiger partial charge in [-0.1, -0.05) is 32.1 Å². The van der Waals surface area contributed by atoms with Gasteiger partial charge in [-0.05, 0) is 55.4 Å². The van der Waals surface area contributed by atoms with E-state index in [2.05, 4.69) is 33.4 Å². The summed E-state index contributed by atoms with van der Waals surface area (Å²) in [7, 11) is 0. The molecule has 0 aromatic rings. The van der Waals surface area contributed by atoms with E-state index in [0.29, 0.717) is 11.3 Å². The van der Waals surface area contributed by atoms with Crippen molar-refractivity contribution in [1.82, 2.24) is 0 Å². The maximum atomic E-state index is 9.94. The summed E-state index contributed by atoms with van der Waals surface area (Å²) in [6, 6.07) is 0. The number of rotatable bonds is 0. The van der Waals surface area contributed by atoms with Gasteiger partial charge in [-0.15, -0.1) is 0 Å². The quantitative estimate of drug-likeness (QED) is 0.617. The molecule has 3 atom stereocenters. The van der Waals surface area contributed by atoms with Crippen LogP contribution >= 0.6 is 0 Å². The van der Waals surface area contributed by atoms with Gasteiger partial charge in [0.25, 0.3) is 0 Å². The van der Waals surface area contributed by atoms with Crippen LogP contribution < -0.4 is 0 Å². The van der Waals surface area contributed by atoms with Gasteiger partial charge in [-0.2, -0.15) is 0 Å². The molecule has 1 nitrogen and oxygen atoms in total. The fraction of sp³-hybridized carbons (Fsp3) is 0.733. The summed E-state index contributed by atoms with van der Waals surface area (Å²) in [6.07, 6.45) is 6.23. The van der Waals surface area contributed by atoms with Crippen molar-refractivity contribution in [3.8, 4) is 0 Å². The highest BCUT2D eigenvalue weighted by molar-refractivity contribution is 5.18. The number of allylic oxidation sites excluding steroid dienone is 2. The number of hydrogen-bond acceptors (Lipinski definition) is 1. The SMILES string of the molecule is C=C1CCC(O)/C(C)=C\C[C@@H]2[C@@H]1CC2(C)C. The smallest absolute Gasteiger partial charge is 0.0750 e. The molecule has 1 fully saturated rings. The molecule has 0 aliphatic heterocycles.